The fourth-order valence-electron chi connectivity index (χ4n) is 2.32. The second-order valence-electron chi connectivity index (χ2n) is 4.51. The van der Waals surface area contributed by atoms with E-state index in [1.165, 1.54) is 5.56 Å². The van der Waals surface area contributed by atoms with Gasteiger partial charge in [0.25, 0.3) is 5.91 Å². The Morgan fingerprint density at radius 3 is 2.29 bits per heavy atom. The van der Waals surface area contributed by atoms with E-state index in [-0.39, 0.29) is 5.91 Å². The Kier molecular flexibility index (Phi) is 3.57. The van der Waals surface area contributed by atoms with Crippen molar-refractivity contribution in [3.63, 3.8) is 0 Å². The van der Waals surface area contributed by atoms with Gasteiger partial charge >= 0.3 is 0 Å². The summed E-state index contributed by atoms with van der Waals surface area (Å²) < 4.78 is 0. The van der Waals surface area contributed by atoms with E-state index in [1.807, 2.05) is 24.3 Å². The van der Waals surface area contributed by atoms with Crippen LogP contribution in [0, 0.1) is 0 Å². The molecule has 0 unspecified atom stereocenters. The van der Waals surface area contributed by atoms with Gasteiger partial charge in [-0.05, 0) is 36.5 Å². The summed E-state index contributed by atoms with van der Waals surface area (Å²) in [7, 11) is 1.63. The van der Waals surface area contributed by atoms with Crippen molar-refractivity contribution in [3.8, 4) is 0 Å². The third-order valence-electron chi connectivity index (χ3n) is 3.41. The van der Waals surface area contributed by atoms with E-state index in [0.717, 1.165) is 12.8 Å². The van der Waals surface area contributed by atoms with E-state index in [1.54, 1.807) is 7.05 Å². The largest absolute Gasteiger partial charge is 0.355 e. The topological polar surface area (TPSA) is 46.2 Å². The predicted molar refractivity (Wildman–Crippen MR) is 66.0 cm³/mol. The van der Waals surface area contributed by atoms with Crippen molar-refractivity contribution < 1.29 is 9.59 Å². The molecule has 1 amide bonds. The normalized spacial score (nSPS) is 16.9. The van der Waals surface area contributed by atoms with E-state index in [9.17, 15) is 9.59 Å². The van der Waals surface area contributed by atoms with Gasteiger partial charge in [0.1, 0.15) is 5.78 Å². The lowest BCUT2D eigenvalue weighted by Gasteiger charge is -2.21. The van der Waals surface area contributed by atoms with E-state index in [0.29, 0.717) is 30.1 Å². The van der Waals surface area contributed by atoms with Gasteiger partial charge in [0.15, 0.2) is 0 Å². The Balaban J connectivity index is 2.07. The summed E-state index contributed by atoms with van der Waals surface area (Å²) in [5.41, 5.74) is 1.92. The lowest BCUT2D eigenvalue weighted by atomic mass is 9.83. The van der Waals surface area contributed by atoms with Crippen LogP contribution >= 0.6 is 0 Å². The summed E-state index contributed by atoms with van der Waals surface area (Å²) in [6.07, 6.45) is 3.28. The van der Waals surface area contributed by atoms with Gasteiger partial charge in [-0.2, -0.15) is 0 Å². The number of benzene rings is 1. The molecule has 90 valence electrons. The first-order valence-corrected chi connectivity index (χ1v) is 6.04. The van der Waals surface area contributed by atoms with Crippen LogP contribution in [-0.4, -0.2) is 18.7 Å². The highest BCUT2D eigenvalue weighted by Crippen LogP contribution is 2.31. The highest BCUT2D eigenvalue weighted by molar-refractivity contribution is 5.93. The van der Waals surface area contributed by atoms with Gasteiger partial charge in [-0.15, -0.1) is 0 Å². The maximum absolute atomic E-state index is 11.4. The Morgan fingerprint density at radius 1 is 1.18 bits per heavy atom. The molecule has 0 aromatic heterocycles. The second-order valence-corrected chi connectivity index (χ2v) is 4.51. The Labute approximate surface area is 101 Å². The number of nitrogens with one attached hydrogen (secondary N) is 1. The lowest BCUT2D eigenvalue weighted by Crippen LogP contribution is -2.18. The minimum absolute atomic E-state index is 0.0598. The van der Waals surface area contributed by atoms with Crippen molar-refractivity contribution in [1.29, 1.82) is 0 Å². The molecule has 0 bridgehead atoms. The van der Waals surface area contributed by atoms with E-state index < -0.39 is 0 Å². The fourth-order valence-corrected chi connectivity index (χ4v) is 2.32. The number of carbonyl (C=O) groups is 2. The standard InChI is InChI=1S/C14H17NO2/c1-15-14(17)12-4-2-10(3-5-12)11-6-8-13(16)9-7-11/h2-5,11H,6-9H2,1H3,(H,15,17). The molecule has 0 radical (unpaired) electrons. The molecule has 0 atom stereocenters. The Bertz CT molecular complexity index is 412. The summed E-state index contributed by atoms with van der Waals surface area (Å²) in [4.78, 5) is 22.6. The predicted octanol–water partition coefficient (Wildman–Crippen LogP) is 2.27. The molecule has 1 aromatic rings. The summed E-state index contributed by atoms with van der Waals surface area (Å²) >= 11 is 0. The minimum Gasteiger partial charge on any atom is -0.355 e. The van der Waals surface area contributed by atoms with Gasteiger partial charge in [0, 0.05) is 25.5 Å². The molecule has 17 heavy (non-hydrogen) atoms. The molecule has 3 heteroatoms. The number of hydrogen-bond donors (Lipinski definition) is 1. The Hall–Kier alpha value is -1.64. The molecule has 1 aliphatic carbocycles. The van der Waals surface area contributed by atoms with Crippen LogP contribution in [0.3, 0.4) is 0 Å². The van der Waals surface area contributed by atoms with Gasteiger partial charge in [-0.1, -0.05) is 12.1 Å². The zero-order valence-corrected chi connectivity index (χ0v) is 10.0. The zero-order valence-electron chi connectivity index (χ0n) is 10.0. The molecule has 0 heterocycles. The van der Waals surface area contributed by atoms with Crippen LogP contribution in [0.1, 0.15) is 47.5 Å². The summed E-state index contributed by atoms with van der Waals surface area (Å²) in [6.45, 7) is 0. The molecule has 1 aliphatic rings. The highest BCUT2D eigenvalue weighted by atomic mass is 16.1. The molecule has 1 N–H and O–H groups in total. The fraction of sp³-hybridized carbons (Fsp3) is 0.429. The van der Waals surface area contributed by atoms with Crippen LogP contribution in [0.25, 0.3) is 0 Å². The van der Waals surface area contributed by atoms with Gasteiger partial charge in [-0.25, -0.2) is 0 Å². The molecule has 0 aliphatic heterocycles. The minimum atomic E-state index is -0.0598. The van der Waals surface area contributed by atoms with Crippen molar-refractivity contribution in [3.05, 3.63) is 35.4 Å². The number of ketones is 1. The van der Waals surface area contributed by atoms with Crippen LogP contribution in [0.4, 0.5) is 0 Å². The summed E-state index contributed by atoms with van der Waals surface area (Å²) in [5.74, 6) is 0.796. The molecule has 1 fully saturated rings. The maximum Gasteiger partial charge on any atom is 0.251 e. The van der Waals surface area contributed by atoms with Gasteiger partial charge in [0.05, 0.1) is 0 Å². The van der Waals surface area contributed by atoms with E-state index in [2.05, 4.69) is 5.32 Å². The zero-order chi connectivity index (χ0) is 12.3. The quantitative estimate of drug-likeness (QED) is 0.848. The van der Waals surface area contributed by atoms with Crippen molar-refractivity contribution in [2.75, 3.05) is 7.05 Å². The summed E-state index contributed by atoms with van der Waals surface area (Å²) in [6, 6.07) is 7.71. The van der Waals surface area contributed by atoms with Gasteiger partial charge in [0.2, 0.25) is 0 Å². The van der Waals surface area contributed by atoms with E-state index in [4.69, 9.17) is 0 Å². The first kappa shape index (κ1) is 11.8. The average molecular weight is 231 g/mol. The Morgan fingerprint density at radius 2 is 1.76 bits per heavy atom. The average Bonchev–Trinajstić information content (AvgIpc) is 2.39. The van der Waals surface area contributed by atoms with Crippen molar-refractivity contribution in [2.45, 2.75) is 31.6 Å². The smallest absolute Gasteiger partial charge is 0.251 e. The monoisotopic (exact) mass is 231 g/mol. The third-order valence-corrected chi connectivity index (χ3v) is 3.41. The van der Waals surface area contributed by atoms with Gasteiger partial charge < -0.3 is 5.32 Å². The molecule has 0 spiro atoms. The number of amides is 1. The maximum atomic E-state index is 11.4. The lowest BCUT2D eigenvalue weighted by molar-refractivity contribution is -0.120. The highest BCUT2D eigenvalue weighted by Gasteiger charge is 2.20. The molecule has 3 nitrogen and oxygen atoms in total. The van der Waals surface area contributed by atoms with Crippen LogP contribution in [0.2, 0.25) is 0 Å². The first-order chi connectivity index (χ1) is 8.20. The number of Topliss-reactive ketones (excluding diaryl/α,β-unsaturated/α-hetero) is 1. The third kappa shape index (κ3) is 2.73. The molecule has 0 saturated heterocycles. The van der Waals surface area contributed by atoms with Gasteiger partial charge in [-0.3, -0.25) is 9.59 Å². The molecule has 2 rings (SSSR count). The van der Waals surface area contributed by atoms with Crippen molar-refractivity contribution in [1.82, 2.24) is 5.32 Å². The molecular weight excluding hydrogens is 214 g/mol. The van der Waals surface area contributed by atoms with Crippen LogP contribution < -0.4 is 5.32 Å². The number of hydrogen-bond acceptors (Lipinski definition) is 2. The number of rotatable bonds is 2. The number of carbonyl (C=O) groups excluding carboxylic acids is 2. The summed E-state index contributed by atoms with van der Waals surface area (Å²) in [5, 5.41) is 2.60. The first-order valence-electron chi connectivity index (χ1n) is 6.04. The second kappa shape index (κ2) is 5.13. The SMILES string of the molecule is CNC(=O)c1ccc(C2CCC(=O)CC2)cc1. The van der Waals surface area contributed by atoms with E-state index >= 15 is 0 Å². The van der Waals surface area contributed by atoms with Crippen molar-refractivity contribution in [2.24, 2.45) is 0 Å². The van der Waals surface area contributed by atoms with Crippen LogP contribution in [0.5, 0.6) is 0 Å². The molecular formula is C14H17NO2. The van der Waals surface area contributed by atoms with Crippen molar-refractivity contribution >= 4 is 11.7 Å². The van der Waals surface area contributed by atoms with Crippen LogP contribution in [-0.2, 0) is 4.79 Å². The van der Waals surface area contributed by atoms with Crippen LogP contribution in [0.15, 0.2) is 24.3 Å². The molecule has 1 saturated carbocycles. The molecule has 1 aromatic carbocycles.